The van der Waals surface area contributed by atoms with Crippen LogP contribution in [0.1, 0.15) is 39.5 Å². The second kappa shape index (κ2) is 3.18. The summed E-state index contributed by atoms with van der Waals surface area (Å²) in [5, 5.41) is 0. The Balaban J connectivity index is 2.49. The summed E-state index contributed by atoms with van der Waals surface area (Å²) in [5.74, 6) is 1.35. The second-order valence-corrected chi connectivity index (χ2v) is 3.19. The van der Waals surface area contributed by atoms with E-state index in [4.69, 9.17) is 0 Å². The highest BCUT2D eigenvalue weighted by Crippen LogP contribution is 2.30. The van der Waals surface area contributed by atoms with Gasteiger partial charge in [0.2, 0.25) is 0 Å². The van der Waals surface area contributed by atoms with Crippen molar-refractivity contribution in [3.8, 4) is 0 Å². The van der Waals surface area contributed by atoms with Gasteiger partial charge in [-0.3, -0.25) is 4.79 Å². The number of hydrogen-bond acceptors (Lipinski definition) is 1. The Kier molecular flexibility index (Phi) is 2.47. The van der Waals surface area contributed by atoms with Crippen LogP contribution in [0.4, 0.5) is 0 Å². The fourth-order valence-electron chi connectivity index (χ4n) is 1.83. The molecule has 1 nitrogen and oxygen atoms in total. The first-order valence-electron chi connectivity index (χ1n) is 4.33. The number of hydrogen-bond donors (Lipinski definition) is 0. The number of ketones is 1. The molecule has 1 fully saturated rings. The Labute approximate surface area is 62.8 Å². The quantitative estimate of drug-likeness (QED) is 0.575. The minimum absolute atomic E-state index is 0.407. The van der Waals surface area contributed by atoms with Crippen molar-refractivity contribution in [2.45, 2.75) is 39.5 Å². The van der Waals surface area contributed by atoms with Gasteiger partial charge in [-0.1, -0.05) is 13.8 Å². The van der Waals surface area contributed by atoms with Crippen molar-refractivity contribution in [2.75, 3.05) is 0 Å². The highest BCUT2D eigenvalue weighted by atomic mass is 16.1. The van der Waals surface area contributed by atoms with E-state index in [1.165, 1.54) is 0 Å². The average Bonchev–Trinajstić information content (AvgIpc) is 2.30. The summed E-state index contributed by atoms with van der Waals surface area (Å²) in [7, 11) is 0. The van der Waals surface area contributed by atoms with Crippen LogP contribution in [0.3, 0.4) is 0 Å². The van der Waals surface area contributed by atoms with E-state index in [0.29, 0.717) is 17.6 Å². The predicted molar refractivity (Wildman–Crippen MR) is 41.8 cm³/mol. The Morgan fingerprint density at radius 2 is 1.60 bits per heavy atom. The third kappa shape index (κ3) is 1.23. The highest BCUT2D eigenvalue weighted by molar-refractivity contribution is 5.85. The second-order valence-electron chi connectivity index (χ2n) is 3.19. The lowest BCUT2D eigenvalue weighted by atomic mass is 9.99. The van der Waals surface area contributed by atoms with E-state index >= 15 is 0 Å². The molecule has 10 heavy (non-hydrogen) atoms. The molecule has 1 rings (SSSR count). The number of carbonyl (C=O) groups excluding carboxylic acids is 1. The van der Waals surface area contributed by atoms with Gasteiger partial charge in [0.05, 0.1) is 0 Å². The summed E-state index contributed by atoms with van der Waals surface area (Å²) >= 11 is 0. The fourth-order valence-corrected chi connectivity index (χ4v) is 1.83. The van der Waals surface area contributed by atoms with Crippen LogP contribution in [0.5, 0.6) is 0 Å². The molecular weight excluding hydrogens is 124 g/mol. The zero-order chi connectivity index (χ0) is 7.56. The number of carbonyl (C=O) groups is 1. The molecule has 0 N–H and O–H groups in total. The maximum absolute atomic E-state index is 11.4. The minimum Gasteiger partial charge on any atom is -0.299 e. The normalized spacial score (nSPS) is 33.2. The molecule has 0 aliphatic heterocycles. The molecule has 0 aromatic carbocycles. The molecule has 1 aliphatic carbocycles. The molecule has 0 unspecified atom stereocenters. The van der Waals surface area contributed by atoms with Gasteiger partial charge in [-0.05, 0) is 25.7 Å². The van der Waals surface area contributed by atoms with E-state index < -0.39 is 0 Å². The van der Waals surface area contributed by atoms with Crippen LogP contribution in [0.2, 0.25) is 0 Å². The lowest BCUT2D eigenvalue weighted by molar-refractivity contribution is -0.124. The van der Waals surface area contributed by atoms with Gasteiger partial charge < -0.3 is 0 Å². The van der Waals surface area contributed by atoms with Gasteiger partial charge in [0.1, 0.15) is 5.78 Å². The first-order valence-corrected chi connectivity index (χ1v) is 4.33. The first kappa shape index (κ1) is 7.77. The maximum atomic E-state index is 11.4. The molecule has 0 aromatic rings. The van der Waals surface area contributed by atoms with Crippen molar-refractivity contribution in [3.63, 3.8) is 0 Å². The van der Waals surface area contributed by atoms with Crippen molar-refractivity contribution in [2.24, 2.45) is 11.8 Å². The third-order valence-corrected chi connectivity index (χ3v) is 2.65. The van der Waals surface area contributed by atoms with E-state index in [1.807, 2.05) is 0 Å². The molecule has 1 saturated carbocycles. The molecule has 0 saturated heterocycles. The van der Waals surface area contributed by atoms with Crippen molar-refractivity contribution < 1.29 is 4.79 Å². The first-order chi connectivity index (χ1) is 4.79. The summed E-state index contributed by atoms with van der Waals surface area (Å²) in [6.07, 6.45) is 4.40. The zero-order valence-electron chi connectivity index (χ0n) is 6.89. The van der Waals surface area contributed by atoms with Gasteiger partial charge in [0, 0.05) is 11.8 Å². The van der Waals surface area contributed by atoms with Crippen molar-refractivity contribution >= 4 is 5.78 Å². The molecule has 1 heteroatoms. The highest BCUT2D eigenvalue weighted by Gasteiger charge is 2.30. The van der Waals surface area contributed by atoms with Crippen LogP contribution in [0, 0.1) is 11.8 Å². The number of Topliss-reactive ketones (excluding diaryl/α,β-unsaturated/α-hetero) is 1. The Morgan fingerprint density at radius 1 is 1.20 bits per heavy atom. The smallest absolute Gasteiger partial charge is 0.139 e. The molecule has 1 aliphatic rings. The molecular formula is C9H16O. The maximum Gasteiger partial charge on any atom is 0.139 e. The summed E-state index contributed by atoms with van der Waals surface area (Å²) < 4.78 is 0. The predicted octanol–water partition coefficient (Wildman–Crippen LogP) is 2.40. The molecule has 0 bridgehead atoms. The van der Waals surface area contributed by atoms with Crippen molar-refractivity contribution in [1.82, 2.24) is 0 Å². The molecule has 0 aromatic heterocycles. The average molecular weight is 140 g/mol. The van der Waals surface area contributed by atoms with Crippen LogP contribution >= 0.6 is 0 Å². The molecule has 0 spiro atoms. The Morgan fingerprint density at radius 3 is 1.80 bits per heavy atom. The van der Waals surface area contributed by atoms with Gasteiger partial charge in [-0.2, -0.15) is 0 Å². The van der Waals surface area contributed by atoms with Crippen LogP contribution in [0.25, 0.3) is 0 Å². The van der Waals surface area contributed by atoms with Gasteiger partial charge in [-0.15, -0.1) is 0 Å². The largest absolute Gasteiger partial charge is 0.299 e. The van der Waals surface area contributed by atoms with E-state index in [2.05, 4.69) is 13.8 Å². The fraction of sp³-hybridized carbons (Fsp3) is 0.889. The van der Waals surface area contributed by atoms with Crippen LogP contribution in [0.15, 0.2) is 0 Å². The van der Waals surface area contributed by atoms with Gasteiger partial charge in [0.25, 0.3) is 0 Å². The molecule has 2 atom stereocenters. The molecule has 0 heterocycles. The topological polar surface area (TPSA) is 17.1 Å². The minimum atomic E-state index is 0.407. The Hall–Kier alpha value is -0.330. The van der Waals surface area contributed by atoms with E-state index in [-0.39, 0.29) is 0 Å². The molecule has 0 amide bonds. The van der Waals surface area contributed by atoms with Crippen LogP contribution in [-0.4, -0.2) is 5.78 Å². The van der Waals surface area contributed by atoms with Gasteiger partial charge >= 0.3 is 0 Å². The van der Waals surface area contributed by atoms with Gasteiger partial charge in [-0.25, -0.2) is 0 Å². The monoisotopic (exact) mass is 140 g/mol. The summed E-state index contributed by atoms with van der Waals surface area (Å²) in [4.78, 5) is 11.4. The summed E-state index contributed by atoms with van der Waals surface area (Å²) in [5.41, 5.74) is 0. The Bertz CT molecular complexity index is 115. The third-order valence-electron chi connectivity index (χ3n) is 2.65. The molecule has 58 valence electrons. The van der Waals surface area contributed by atoms with Crippen LogP contribution in [-0.2, 0) is 4.79 Å². The standard InChI is InChI=1S/C9H16O/c1-3-7-5-6-8(4-2)9(7)10/h7-8H,3-6H2,1-2H3/t7-,8+. The number of rotatable bonds is 2. The van der Waals surface area contributed by atoms with Crippen molar-refractivity contribution in [1.29, 1.82) is 0 Å². The SMILES string of the molecule is CC[C@@H]1CC[C@H](CC)C1=O. The summed E-state index contributed by atoms with van der Waals surface area (Å²) in [6.45, 7) is 4.22. The lowest BCUT2D eigenvalue weighted by Crippen LogP contribution is -2.12. The van der Waals surface area contributed by atoms with Crippen molar-refractivity contribution in [3.05, 3.63) is 0 Å². The van der Waals surface area contributed by atoms with E-state index in [0.717, 1.165) is 25.7 Å². The van der Waals surface area contributed by atoms with Crippen LogP contribution < -0.4 is 0 Å². The van der Waals surface area contributed by atoms with E-state index in [1.54, 1.807) is 0 Å². The lowest BCUT2D eigenvalue weighted by Gasteiger charge is -2.04. The zero-order valence-corrected chi connectivity index (χ0v) is 6.89. The van der Waals surface area contributed by atoms with Gasteiger partial charge in [0.15, 0.2) is 0 Å². The molecule has 0 radical (unpaired) electrons. The summed E-state index contributed by atoms with van der Waals surface area (Å²) in [6, 6.07) is 0. The van der Waals surface area contributed by atoms with E-state index in [9.17, 15) is 4.79 Å².